The number of allylic oxidation sites excluding steroid dienone is 1. The summed E-state index contributed by atoms with van der Waals surface area (Å²) in [5.74, 6) is 0. The molecule has 15 heavy (non-hydrogen) atoms. The number of rotatable bonds is 6. The Balaban J connectivity index is 3.02. The minimum atomic E-state index is -2.26. The summed E-state index contributed by atoms with van der Waals surface area (Å²) in [7, 11) is -0.543. The summed E-state index contributed by atoms with van der Waals surface area (Å²) < 4.78 is 11.5. The van der Waals surface area contributed by atoms with Crippen LogP contribution in [0, 0.1) is 0 Å². The van der Waals surface area contributed by atoms with Crippen molar-refractivity contribution >= 4 is 13.7 Å². The summed E-state index contributed by atoms with van der Waals surface area (Å²) in [6.45, 7) is 6.44. The summed E-state index contributed by atoms with van der Waals surface area (Å²) >= 11 is 0. The van der Waals surface area contributed by atoms with Crippen molar-refractivity contribution in [3.63, 3.8) is 0 Å². The van der Waals surface area contributed by atoms with Crippen molar-refractivity contribution in [3.8, 4) is 0 Å². The van der Waals surface area contributed by atoms with Crippen molar-refractivity contribution in [3.05, 3.63) is 43.0 Å². The van der Waals surface area contributed by atoms with Gasteiger partial charge in [0.25, 0.3) is 0 Å². The topological polar surface area (TPSA) is 18.5 Å². The molecule has 0 saturated carbocycles. The molecule has 3 heteroatoms. The van der Waals surface area contributed by atoms with Crippen LogP contribution in [-0.4, -0.2) is 22.3 Å². The standard InChI is InChI=1S/C12H18O2Si/c1-4-11-15(13-3,14-5-2)12-9-7-6-8-10-12/h4,6-10H,1,5,11H2,2-3H3. The van der Waals surface area contributed by atoms with E-state index in [0.29, 0.717) is 6.61 Å². The van der Waals surface area contributed by atoms with Gasteiger partial charge in [-0.25, -0.2) is 0 Å². The van der Waals surface area contributed by atoms with Gasteiger partial charge in [0.2, 0.25) is 0 Å². The minimum absolute atomic E-state index is 0.669. The normalized spacial score (nSPS) is 14.5. The highest BCUT2D eigenvalue weighted by atomic mass is 28.4. The maximum absolute atomic E-state index is 5.85. The molecule has 1 aromatic rings. The fourth-order valence-electron chi connectivity index (χ4n) is 1.64. The maximum atomic E-state index is 5.85. The van der Waals surface area contributed by atoms with Crippen molar-refractivity contribution in [2.75, 3.05) is 13.7 Å². The molecule has 0 aliphatic carbocycles. The van der Waals surface area contributed by atoms with Gasteiger partial charge >= 0.3 is 8.56 Å². The predicted octanol–water partition coefficient (Wildman–Crippen LogP) is 2.20. The van der Waals surface area contributed by atoms with E-state index in [1.807, 2.05) is 31.2 Å². The molecule has 0 aliphatic heterocycles. The smallest absolute Gasteiger partial charge is 0.376 e. The summed E-state index contributed by atoms with van der Waals surface area (Å²) in [4.78, 5) is 0. The Morgan fingerprint density at radius 2 is 2.00 bits per heavy atom. The molecule has 0 fully saturated rings. The zero-order chi connectivity index (χ0) is 11.1. The van der Waals surface area contributed by atoms with E-state index in [2.05, 4.69) is 18.7 Å². The third-order valence-electron chi connectivity index (χ3n) is 2.33. The fraction of sp³-hybridized carbons (Fsp3) is 0.333. The molecule has 1 atom stereocenters. The van der Waals surface area contributed by atoms with Crippen molar-refractivity contribution in [1.29, 1.82) is 0 Å². The van der Waals surface area contributed by atoms with Crippen LogP contribution in [0.5, 0.6) is 0 Å². The first-order valence-corrected chi connectivity index (χ1v) is 7.17. The van der Waals surface area contributed by atoms with E-state index in [1.165, 1.54) is 0 Å². The van der Waals surface area contributed by atoms with E-state index in [4.69, 9.17) is 8.85 Å². The first-order valence-electron chi connectivity index (χ1n) is 5.14. The van der Waals surface area contributed by atoms with Gasteiger partial charge < -0.3 is 8.85 Å². The van der Waals surface area contributed by atoms with E-state index in [1.54, 1.807) is 7.11 Å². The van der Waals surface area contributed by atoms with E-state index in [-0.39, 0.29) is 0 Å². The zero-order valence-electron chi connectivity index (χ0n) is 9.40. The Morgan fingerprint density at radius 3 is 2.47 bits per heavy atom. The van der Waals surface area contributed by atoms with E-state index >= 15 is 0 Å². The Kier molecular flexibility index (Phi) is 4.75. The van der Waals surface area contributed by atoms with E-state index < -0.39 is 8.56 Å². The SMILES string of the molecule is C=CC[Si](OC)(OCC)c1ccccc1. The van der Waals surface area contributed by atoms with Crippen LogP contribution in [0.25, 0.3) is 0 Å². The van der Waals surface area contributed by atoms with Crippen LogP contribution in [-0.2, 0) is 8.85 Å². The minimum Gasteiger partial charge on any atom is -0.394 e. The first-order chi connectivity index (χ1) is 7.29. The highest BCUT2D eigenvalue weighted by molar-refractivity contribution is 6.81. The molecule has 0 bridgehead atoms. The molecular formula is C12H18O2Si. The zero-order valence-corrected chi connectivity index (χ0v) is 10.4. The first kappa shape index (κ1) is 12.2. The lowest BCUT2D eigenvalue weighted by Crippen LogP contribution is -2.52. The summed E-state index contributed by atoms with van der Waals surface area (Å²) in [5, 5.41) is 1.16. The van der Waals surface area contributed by atoms with Gasteiger partial charge in [0.1, 0.15) is 0 Å². The lowest BCUT2D eigenvalue weighted by atomic mass is 10.4. The molecule has 1 aromatic carbocycles. The molecule has 1 rings (SSSR count). The highest BCUT2D eigenvalue weighted by Gasteiger charge is 2.37. The summed E-state index contributed by atoms with van der Waals surface area (Å²) in [6, 6.07) is 10.9. The predicted molar refractivity (Wildman–Crippen MR) is 65.5 cm³/mol. The lowest BCUT2D eigenvalue weighted by molar-refractivity contribution is 0.225. The van der Waals surface area contributed by atoms with Gasteiger partial charge in [-0.15, -0.1) is 6.58 Å². The fourth-order valence-corrected chi connectivity index (χ4v) is 4.22. The Labute approximate surface area is 92.8 Å². The van der Waals surface area contributed by atoms with Gasteiger partial charge in [-0.05, 0) is 12.1 Å². The van der Waals surface area contributed by atoms with E-state index in [0.717, 1.165) is 11.2 Å². The number of benzene rings is 1. The average molecular weight is 222 g/mol. The number of hydrogen-bond acceptors (Lipinski definition) is 2. The Bertz CT molecular complexity index is 300. The monoisotopic (exact) mass is 222 g/mol. The molecule has 0 N–H and O–H groups in total. The van der Waals surface area contributed by atoms with Gasteiger partial charge in [-0.3, -0.25) is 0 Å². The molecule has 1 unspecified atom stereocenters. The molecule has 0 aliphatic rings. The van der Waals surface area contributed by atoms with Crippen molar-refractivity contribution in [1.82, 2.24) is 0 Å². The van der Waals surface area contributed by atoms with Crippen molar-refractivity contribution < 1.29 is 8.85 Å². The average Bonchev–Trinajstić information content (AvgIpc) is 2.30. The molecule has 82 valence electrons. The molecule has 0 radical (unpaired) electrons. The Hall–Kier alpha value is -0.903. The van der Waals surface area contributed by atoms with E-state index in [9.17, 15) is 0 Å². The van der Waals surface area contributed by atoms with Crippen LogP contribution in [0.4, 0.5) is 0 Å². The lowest BCUT2D eigenvalue weighted by Gasteiger charge is -2.27. The second-order valence-corrected chi connectivity index (χ2v) is 6.44. The third-order valence-corrected chi connectivity index (χ3v) is 5.79. The maximum Gasteiger partial charge on any atom is 0.376 e. The molecule has 0 heterocycles. The largest absolute Gasteiger partial charge is 0.394 e. The molecule has 0 saturated heterocycles. The molecular weight excluding hydrogens is 204 g/mol. The van der Waals surface area contributed by atoms with Gasteiger partial charge in [0, 0.05) is 19.8 Å². The van der Waals surface area contributed by atoms with Gasteiger partial charge in [-0.2, -0.15) is 0 Å². The Morgan fingerprint density at radius 1 is 1.33 bits per heavy atom. The van der Waals surface area contributed by atoms with Crippen LogP contribution in [0.15, 0.2) is 43.0 Å². The second-order valence-electron chi connectivity index (χ2n) is 3.25. The molecule has 0 spiro atoms. The molecule has 0 amide bonds. The van der Waals surface area contributed by atoms with Gasteiger partial charge in [-0.1, -0.05) is 36.4 Å². The molecule has 0 aromatic heterocycles. The quantitative estimate of drug-likeness (QED) is 0.543. The molecule has 2 nitrogen and oxygen atoms in total. The second kappa shape index (κ2) is 5.85. The van der Waals surface area contributed by atoms with Crippen molar-refractivity contribution in [2.24, 2.45) is 0 Å². The van der Waals surface area contributed by atoms with Crippen LogP contribution in [0.1, 0.15) is 6.92 Å². The van der Waals surface area contributed by atoms with Gasteiger partial charge in [0.15, 0.2) is 0 Å². The van der Waals surface area contributed by atoms with Crippen LogP contribution in [0.3, 0.4) is 0 Å². The highest BCUT2D eigenvalue weighted by Crippen LogP contribution is 2.13. The van der Waals surface area contributed by atoms with Gasteiger partial charge in [0.05, 0.1) is 0 Å². The number of hydrogen-bond donors (Lipinski definition) is 0. The van der Waals surface area contributed by atoms with Crippen LogP contribution < -0.4 is 5.19 Å². The van der Waals surface area contributed by atoms with Crippen LogP contribution in [0.2, 0.25) is 6.04 Å². The summed E-state index contributed by atoms with van der Waals surface area (Å²) in [6.07, 6.45) is 1.87. The van der Waals surface area contributed by atoms with Crippen molar-refractivity contribution in [2.45, 2.75) is 13.0 Å². The summed E-state index contributed by atoms with van der Waals surface area (Å²) in [5.41, 5.74) is 0. The third kappa shape index (κ3) is 2.78. The van der Waals surface area contributed by atoms with Crippen LogP contribution >= 0.6 is 0 Å².